The van der Waals surface area contributed by atoms with Crippen molar-refractivity contribution in [3.63, 3.8) is 0 Å². The molecule has 1 aromatic heterocycles. The van der Waals surface area contributed by atoms with E-state index in [2.05, 4.69) is 53.2 Å². The molecule has 108 valence electrons. The average Bonchev–Trinajstić information content (AvgIpc) is 2.84. The Hall–Kier alpha value is -0.970. The number of tetrazole rings is 1. The molecule has 0 bridgehead atoms. The summed E-state index contributed by atoms with van der Waals surface area (Å²) in [5.74, 6) is 2.52. The minimum atomic E-state index is 0.225. The molecule has 0 radical (unpaired) electrons. The van der Waals surface area contributed by atoms with Gasteiger partial charge in [-0.2, -0.15) is 0 Å². The molecule has 0 saturated heterocycles. The first-order valence-corrected chi connectivity index (χ1v) is 7.62. The molecule has 1 saturated carbocycles. The fourth-order valence-electron chi connectivity index (χ4n) is 3.30. The van der Waals surface area contributed by atoms with E-state index < -0.39 is 0 Å². The first-order chi connectivity index (χ1) is 9.11. The lowest BCUT2D eigenvalue weighted by Crippen LogP contribution is -2.28. The van der Waals surface area contributed by atoms with Crippen molar-refractivity contribution >= 4 is 0 Å². The van der Waals surface area contributed by atoms with Crippen molar-refractivity contribution in [1.29, 1.82) is 0 Å². The third-order valence-electron chi connectivity index (χ3n) is 4.11. The van der Waals surface area contributed by atoms with Crippen LogP contribution in [0.2, 0.25) is 0 Å². The van der Waals surface area contributed by atoms with Crippen LogP contribution >= 0.6 is 0 Å². The Bertz CT molecular complexity index is 379. The molecule has 1 aliphatic rings. The third kappa shape index (κ3) is 3.53. The van der Waals surface area contributed by atoms with Crippen molar-refractivity contribution in [1.82, 2.24) is 25.5 Å². The second-order valence-electron chi connectivity index (χ2n) is 6.23. The average molecular weight is 265 g/mol. The molecule has 0 amide bonds. The summed E-state index contributed by atoms with van der Waals surface area (Å²) >= 11 is 0. The standard InChI is InChI=1S/C14H27N5/c1-5-6-15-12(4)14-16-17-18-19(14)13-8-10(2)7-11(3)9-13/h10-13,15H,5-9H2,1-4H3. The van der Waals surface area contributed by atoms with Crippen LogP contribution in [-0.4, -0.2) is 26.8 Å². The minimum Gasteiger partial charge on any atom is -0.307 e. The van der Waals surface area contributed by atoms with Gasteiger partial charge >= 0.3 is 0 Å². The van der Waals surface area contributed by atoms with Gasteiger partial charge < -0.3 is 5.32 Å². The Morgan fingerprint density at radius 2 is 1.95 bits per heavy atom. The third-order valence-corrected chi connectivity index (χ3v) is 4.11. The maximum absolute atomic E-state index is 4.25. The lowest BCUT2D eigenvalue weighted by atomic mass is 9.80. The van der Waals surface area contributed by atoms with Crippen molar-refractivity contribution in [3.8, 4) is 0 Å². The summed E-state index contributed by atoms with van der Waals surface area (Å²) in [5.41, 5.74) is 0. The van der Waals surface area contributed by atoms with E-state index in [9.17, 15) is 0 Å². The monoisotopic (exact) mass is 265 g/mol. The van der Waals surface area contributed by atoms with Gasteiger partial charge in [-0.25, -0.2) is 4.68 Å². The van der Waals surface area contributed by atoms with E-state index in [1.165, 1.54) is 19.3 Å². The molecule has 0 spiro atoms. The Morgan fingerprint density at radius 3 is 2.58 bits per heavy atom. The van der Waals surface area contributed by atoms with Crippen molar-refractivity contribution < 1.29 is 0 Å². The molecular formula is C14H27N5. The summed E-state index contributed by atoms with van der Waals surface area (Å²) in [7, 11) is 0. The minimum absolute atomic E-state index is 0.225. The van der Waals surface area contributed by atoms with Gasteiger partial charge in [0.1, 0.15) is 0 Å². The van der Waals surface area contributed by atoms with Gasteiger partial charge in [0.25, 0.3) is 0 Å². The smallest absolute Gasteiger partial charge is 0.168 e. The zero-order valence-electron chi connectivity index (χ0n) is 12.6. The van der Waals surface area contributed by atoms with Crippen LogP contribution in [0.4, 0.5) is 0 Å². The number of nitrogens with zero attached hydrogens (tertiary/aromatic N) is 4. The fraction of sp³-hybridized carbons (Fsp3) is 0.929. The summed E-state index contributed by atoms with van der Waals surface area (Å²) in [4.78, 5) is 0. The lowest BCUT2D eigenvalue weighted by Gasteiger charge is -2.32. The second kappa shape index (κ2) is 6.46. The van der Waals surface area contributed by atoms with E-state index in [0.29, 0.717) is 6.04 Å². The van der Waals surface area contributed by atoms with E-state index >= 15 is 0 Å². The van der Waals surface area contributed by atoms with E-state index in [1.54, 1.807) is 0 Å². The molecule has 5 heteroatoms. The quantitative estimate of drug-likeness (QED) is 0.889. The summed E-state index contributed by atoms with van der Waals surface area (Å²) < 4.78 is 2.07. The highest BCUT2D eigenvalue weighted by Crippen LogP contribution is 2.36. The summed E-state index contributed by atoms with van der Waals surface area (Å²) in [6.07, 6.45) is 4.85. The molecule has 1 aromatic rings. The van der Waals surface area contributed by atoms with Crippen LogP contribution in [0.15, 0.2) is 0 Å². The molecular weight excluding hydrogens is 238 g/mol. The van der Waals surface area contributed by atoms with Crippen molar-refractivity contribution in [2.45, 2.75) is 65.5 Å². The molecule has 2 rings (SSSR count). The Labute approximate surface area is 116 Å². The Balaban J connectivity index is 2.10. The van der Waals surface area contributed by atoms with Gasteiger partial charge in [-0.3, -0.25) is 0 Å². The van der Waals surface area contributed by atoms with E-state index in [1.807, 2.05) is 0 Å². The van der Waals surface area contributed by atoms with Crippen LogP contribution in [0.25, 0.3) is 0 Å². The van der Waals surface area contributed by atoms with Gasteiger partial charge in [0.05, 0.1) is 12.1 Å². The number of rotatable bonds is 5. The highest BCUT2D eigenvalue weighted by Gasteiger charge is 2.28. The number of hydrogen-bond acceptors (Lipinski definition) is 4. The summed E-state index contributed by atoms with van der Waals surface area (Å²) in [5, 5.41) is 15.9. The molecule has 1 N–H and O–H groups in total. The number of hydrogen-bond donors (Lipinski definition) is 1. The van der Waals surface area contributed by atoms with Crippen LogP contribution in [-0.2, 0) is 0 Å². The molecule has 3 unspecified atom stereocenters. The highest BCUT2D eigenvalue weighted by molar-refractivity contribution is 4.93. The Morgan fingerprint density at radius 1 is 1.26 bits per heavy atom. The van der Waals surface area contributed by atoms with Crippen LogP contribution in [0.3, 0.4) is 0 Å². The van der Waals surface area contributed by atoms with Gasteiger partial charge in [0.2, 0.25) is 0 Å². The van der Waals surface area contributed by atoms with E-state index in [4.69, 9.17) is 0 Å². The van der Waals surface area contributed by atoms with Gasteiger partial charge in [0, 0.05) is 0 Å². The largest absolute Gasteiger partial charge is 0.307 e. The van der Waals surface area contributed by atoms with Crippen LogP contribution < -0.4 is 5.32 Å². The van der Waals surface area contributed by atoms with E-state index in [-0.39, 0.29) is 6.04 Å². The summed E-state index contributed by atoms with van der Waals surface area (Å²) in [6.45, 7) is 10.0. The van der Waals surface area contributed by atoms with E-state index in [0.717, 1.165) is 30.6 Å². The van der Waals surface area contributed by atoms with Crippen LogP contribution in [0.5, 0.6) is 0 Å². The fourth-order valence-corrected chi connectivity index (χ4v) is 3.30. The second-order valence-corrected chi connectivity index (χ2v) is 6.23. The zero-order valence-corrected chi connectivity index (χ0v) is 12.6. The van der Waals surface area contributed by atoms with Crippen molar-refractivity contribution in [3.05, 3.63) is 5.82 Å². The molecule has 0 aliphatic heterocycles. The van der Waals surface area contributed by atoms with Gasteiger partial charge in [-0.05, 0) is 61.4 Å². The maximum Gasteiger partial charge on any atom is 0.168 e. The lowest BCUT2D eigenvalue weighted by molar-refractivity contribution is 0.202. The van der Waals surface area contributed by atoms with Crippen molar-refractivity contribution in [2.75, 3.05) is 6.54 Å². The topological polar surface area (TPSA) is 55.6 Å². The molecule has 1 heterocycles. The molecule has 1 aliphatic carbocycles. The first kappa shape index (κ1) is 14.4. The number of aromatic nitrogens is 4. The normalized spacial score (nSPS) is 29.4. The van der Waals surface area contributed by atoms with Crippen molar-refractivity contribution in [2.24, 2.45) is 11.8 Å². The Kier molecular flexibility index (Phi) is 4.91. The van der Waals surface area contributed by atoms with Gasteiger partial charge in [0.15, 0.2) is 5.82 Å². The van der Waals surface area contributed by atoms with Gasteiger partial charge in [-0.15, -0.1) is 5.10 Å². The van der Waals surface area contributed by atoms with Crippen LogP contribution in [0.1, 0.15) is 71.3 Å². The van der Waals surface area contributed by atoms with Gasteiger partial charge in [-0.1, -0.05) is 20.8 Å². The summed E-state index contributed by atoms with van der Waals surface area (Å²) in [6, 6.07) is 0.692. The predicted octanol–water partition coefficient (Wildman–Crippen LogP) is 2.73. The first-order valence-electron chi connectivity index (χ1n) is 7.62. The molecule has 19 heavy (non-hydrogen) atoms. The number of nitrogens with one attached hydrogen (secondary N) is 1. The van der Waals surface area contributed by atoms with Crippen LogP contribution in [0, 0.1) is 11.8 Å². The zero-order chi connectivity index (χ0) is 13.8. The maximum atomic E-state index is 4.25. The molecule has 1 fully saturated rings. The predicted molar refractivity (Wildman–Crippen MR) is 75.7 cm³/mol. The SMILES string of the molecule is CCCNC(C)c1nnnn1C1CC(C)CC(C)C1. The molecule has 5 nitrogen and oxygen atoms in total. The molecule has 3 atom stereocenters. The molecule has 0 aromatic carbocycles. The highest BCUT2D eigenvalue weighted by atomic mass is 15.6.